The van der Waals surface area contributed by atoms with Crippen molar-refractivity contribution in [2.45, 2.75) is 19.9 Å². The van der Waals surface area contributed by atoms with Gasteiger partial charge in [0.15, 0.2) is 5.11 Å². The number of thiocarbonyl (C=S) groups is 1. The quantitative estimate of drug-likeness (QED) is 0.804. The van der Waals surface area contributed by atoms with Crippen molar-refractivity contribution in [3.05, 3.63) is 64.7 Å². The Morgan fingerprint density at radius 1 is 1.15 bits per heavy atom. The highest BCUT2D eigenvalue weighted by Crippen LogP contribution is 2.16. The minimum Gasteiger partial charge on any atom is -0.356 e. The van der Waals surface area contributed by atoms with Crippen molar-refractivity contribution < 1.29 is 0 Å². The maximum Gasteiger partial charge on any atom is 0.171 e. The number of halogens is 1. The lowest BCUT2D eigenvalue weighted by molar-refractivity contribution is 0.722. The third-order valence-electron chi connectivity index (χ3n) is 3.01. The van der Waals surface area contributed by atoms with Gasteiger partial charge in [-0.2, -0.15) is 0 Å². The number of nitrogens with one attached hydrogen (secondary N) is 2. The lowest BCUT2D eigenvalue weighted by atomic mass is 10.1. The highest BCUT2D eigenvalue weighted by atomic mass is 35.5. The standard InChI is InChI=1S/C16H17ClN2S/c1-11-6-8-13(9-7-11)12(2)18-16(20)19-15-5-3-4-14(17)10-15/h3-10,12H,1-2H3,(H2,18,19,20). The van der Waals surface area contributed by atoms with Crippen LogP contribution in [0.25, 0.3) is 0 Å². The molecule has 0 aliphatic rings. The first-order valence-corrected chi connectivity index (χ1v) is 7.23. The van der Waals surface area contributed by atoms with Crippen molar-refractivity contribution in [3.8, 4) is 0 Å². The highest BCUT2D eigenvalue weighted by molar-refractivity contribution is 7.80. The van der Waals surface area contributed by atoms with E-state index < -0.39 is 0 Å². The van der Waals surface area contributed by atoms with Crippen molar-refractivity contribution in [2.24, 2.45) is 0 Å². The molecule has 2 aromatic carbocycles. The predicted octanol–water partition coefficient (Wildman–Crippen LogP) is 4.70. The van der Waals surface area contributed by atoms with Crippen LogP contribution in [0.4, 0.5) is 5.69 Å². The van der Waals surface area contributed by atoms with Crippen molar-refractivity contribution in [1.29, 1.82) is 0 Å². The van der Waals surface area contributed by atoms with Crippen LogP contribution in [0.2, 0.25) is 5.02 Å². The van der Waals surface area contributed by atoms with Gasteiger partial charge < -0.3 is 10.6 Å². The van der Waals surface area contributed by atoms with Gasteiger partial charge in [-0.3, -0.25) is 0 Å². The Hall–Kier alpha value is -1.58. The minimum absolute atomic E-state index is 0.148. The second kappa shape index (κ2) is 6.73. The van der Waals surface area contributed by atoms with E-state index in [1.165, 1.54) is 11.1 Å². The Morgan fingerprint density at radius 3 is 2.50 bits per heavy atom. The van der Waals surface area contributed by atoms with Crippen molar-refractivity contribution in [2.75, 3.05) is 5.32 Å². The topological polar surface area (TPSA) is 24.1 Å². The molecule has 0 saturated heterocycles. The molecule has 20 heavy (non-hydrogen) atoms. The number of hydrogen-bond donors (Lipinski definition) is 2. The smallest absolute Gasteiger partial charge is 0.171 e. The van der Waals surface area contributed by atoms with Crippen LogP contribution < -0.4 is 10.6 Å². The van der Waals surface area contributed by atoms with Gasteiger partial charge in [0.25, 0.3) is 0 Å². The second-order valence-electron chi connectivity index (χ2n) is 4.74. The van der Waals surface area contributed by atoms with Crippen molar-refractivity contribution in [1.82, 2.24) is 5.32 Å². The van der Waals surface area contributed by atoms with Gasteiger partial charge in [0.1, 0.15) is 0 Å². The van der Waals surface area contributed by atoms with Gasteiger partial charge in [-0.1, -0.05) is 47.5 Å². The predicted molar refractivity (Wildman–Crippen MR) is 90.4 cm³/mol. The van der Waals surface area contributed by atoms with Gasteiger partial charge in [0.2, 0.25) is 0 Å². The zero-order valence-electron chi connectivity index (χ0n) is 11.5. The van der Waals surface area contributed by atoms with E-state index in [1.807, 2.05) is 24.3 Å². The zero-order valence-corrected chi connectivity index (χ0v) is 13.1. The fourth-order valence-corrected chi connectivity index (χ4v) is 2.35. The van der Waals surface area contributed by atoms with E-state index in [9.17, 15) is 0 Å². The molecule has 4 heteroatoms. The fraction of sp³-hybridized carbons (Fsp3) is 0.188. The third-order valence-corrected chi connectivity index (χ3v) is 3.46. The molecule has 2 aromatic rings. The van der Waals surface area contributed by atoms with E-state index in [0.29, 0.717) is 10.1 Å². The molecular weight excluding hydrogens is 288 g/mol. The minimum atomic E-state index is 0.148. The molecule has 0 spiro atoms. The molecule has 1 atom stereocenters. The average molecular weight is 305 g/mol. The molecule has 0 aliphatic carbocycles. The van der Waals surface area contributed by atoms with Gasteiger partial charge >= 0.3 is 0 Å². The lowest BCUT2D eigenvalue weighted by Gasteiger charge is -2.17. The van der Waals surface area contributed by atoms with Crippen LogP contribution in [-0.2, 0) is 0 Å². The monoisotopic (exact) mass is 304 g/mol. The molecule has 0 aromatic heterocycles. The number of hydrogen-bond acceptors (Lipinski definition) is 1. The molecular formula is C16H17ClN2S. The first kappa shape index (κ1) is 14.8. The normalized spacial score (nSPS) is 11.8. The molecule has 2 nitrogen and oxygen atoms in total. The summed E-state index contributed by atoms with van der Waals surface area (Å²) in [5.41, 5.74) is 3.33. The van der Waals surface area contributed by atoms with Gasteiger partial charge in [-0.15, -0.1) is 0 Å². The van der Waals surface area contributed by atoms with E-state index in [-0.39, 0.29) is 6.04 Å². The first-order valence-electron chi connectivity index (χ1n) is 6.44. The maximum absolute atomic E-state index is 5.94. The summed E-state index contributed by atoms with van der Waals surface area (Å²) in [6.07, 6.45) is 0. The van der Waals surface area contributed by atoms with E-state index in [4.69, 9.17) is 23.8 Å². The van der Waals surface area contributed by atoms with Gasteiger partial charge in [0.05, 0.1) is 6.04 Å². The van der Waals surface area contributed by atoms with Crippen LogP contribution in [0.5, 0.6) is 0 Å². The Balaban J connectivity index is 1.95. The van der Waals surface area contributed by atoms with Crippen LogP contribution in [0.15, 0.2) is 48.5 Å². The number of benzene rings is 2. The molecule has 0 fully saturated rings. The van der Waals surface area contributed by atoms with Crippen LogP contribution in [0, 0.1) is 6.92 Å². The Labute approximate surface area is 130 Å². The third kappa shape index (κ3) is 4.22. The fourth-order valence-electron chi connectivity index (χ4n) is 1.87. The Kier molecular flexibility index (Phi) is 4.99. The Morgan fingerprint density at radius 2 is 1.85 bits per heavy atom. The largest absolute Gasteiger partial charge is 0.356 e. The van der Waals surface area contributed by atoms with E-state index >= 15 is 0 Å². The van der Waals surface area contributed by atoms with E-state index in [0.717, 1.165) is 5.69 Å². The number of rotatable bonds is 3. The van der Waals surface area contributed by atoms with Crippen molar-refractivity contribution >= 4 is 34.6 Å². The summed E-state index contributed by atoms with van der Waals surface area (Å²) >= 11 is 11.3. The molecule has 0 amide bonds. The molecule has 0 radical (unpaired) electrons. The van der Waals surface area contributed by atoms with Gasteiger partial charge in [-0.05, 0) is 49.8 Å². The van der Waals surface area contributed by atoms with Gasteiger partial charge in [-0.25, -0.2) is 0 Å². The molecule has 0 heterocycles. The first-order chi connectivity index (χ1) is 9.54. The van der Waals surface area contributed by atoms with Crippen LogP contribution in [0.3, 0.4) is 0 Å². The number of aryl methyl sites for hydroxylation is 1. The highest BCUT2D eigenvalue weighted by Gasteiger charge is 2.07. The van der Waals surface area contributed by atoms with Crippen LogP contribution in [-0.4, -0.2) is 5.11 Å². The molecule has 2 N–H and O–H groups in total. The summed E-state index contributed by atoms with van der Waals surface area (Å²) in [6, 6.07) is 16.0. The molecule has 104 valence electrons. The van der Waals surface area contributed by atoms with Gasteiger partial charge in [0, 0.05) is 10.7 Å². The van der Waals surface area contributed by atoms with Crippen LogP contribution in [0.1, 0.15) is 24.1 Å². The summed E-state index contributed by atoms with van der Waals surface area (Å²) in [4.78, 5) is 0. The summed E-state index contributed by atoms with van der Waals surface area (Å²) in [6.45, 7) is 4.16. The summed E-state index contributed by atoms with van der Waals surface area (Å²) in [5.74, 6) is 0. The molecule has 1 unspecified atom stereocenters. The molecule has 0 saturated carbocycles. The molecule has 0 aliphatic heterocycles. The second-order valence-corrected chi connectivity index (χ2v) is 5.59. The summed E-state index contributed by atoms with van der Waals surface area (Å²) in [7, 11) is 0. The molecule has 0 bridgehead atoms. The number of anilines is 1. The maximum atomic E-state index is 5.94. The Bertz CT molecular complexity index is 596. The van der Waals surface area contributed by atoms with Crippen molar-refractivity contribution in [3.63, 3.8) is 0 Å². The summed E-state index contributed by atoms with van der Waals surface area (Å²) < 4.78 is 0. The molecule has 2 rings (SSSR count). The lowest BCUT2D eigenvalue weighted by Crippen LogP contribution is -2.30. The SMILES string of the molecule is Cc1ccc(C(C)NC(=S)Nc2cccc(Cl)c2)cc1. The van der Waals surface area contributed by atoms with E-state index in [2.05, 4.69) is 48.7 Å². The van der Waals surface area contributed by atoms with Crippen LogP contribution >= 0.6 is 23.8 Å². The van der Waals surface area contributed by atoms with E-state index in [1.54, 1.807) is 0 Å². The average Bonchev–Trinajstić information content (AvgIpc) is 2.39. The zero-order chi connectivity index (χ0) is 14.5. The summed E-state index contributed by atoms with van der Waals surface area (Å²) in [5, 5.41) is 7.66.